The van der Waals surface area contributed by atoms with Gasteiger partial charge >= 0.3 is 0 Å². The maximum atomic E-state index is 12.1. The van der Waals surface area contributed by atoms with Gasteiger partial charge in [-0.25, -0.2) is 0 Å². The highest BCUT2D eigenvalue weighted by Crippen LogP contribution is 2.27. The van der Waals surface area contributed by atoms with Crippen molar-refractivity contribution in [3.63, 3.8) is 0 Å². The summed E-state index contributed by atoms with van der Waals surface area (Å²) in [5, 5.41) is 24.0. The number of benzene rings is 1. The lowest BCUT2D eigenvalue weighted by Crippen LogP contribution is -2.49. The lowest BCUT2D eigenvalue weighted by molar-refractivity contribution is -0.120. The first kappa shape index (κ1) is 18.2. The molecule has 0 fully saturated rings. The minimum atomic E-state index is -0.862. The first-order valence-electron chi connectivity index (χ1n) is 7.43. The molecule has 1 heterocycles. The maximum absolute atomic E-state index is 12.1. The predicted molar refractivity (Wildman–Crippen MR) is 97.4 cm³/mol. The first-order valence-corrected chi connectivity index (χ1v) is 9.24. The Morgan fingerprint density at radius 3 is 2.71 bits per heavy atom. The van der Waals surface area contributed by atoms with Crippen molar-refractivity contribution in [3.05, 3.63) is 30.3 Å². The maximum Gasteiger partial charge on any atom is 0.231 e. The summed E-state index contributed by atoms with van der Waals surface area (Å²) in [4.78, 5) is 12.1. The van der Waals surface area contributed by atoms with Crippen molar-refractivity contribution in [2.75, 3.05) is 11.1 Å². The van der Waals surface area contributed by atoms with Gasteiger partial charge in [0, 0.05) is 5.69 Å². The van der Waals surface area contributed by atoms with Crippen molar-refractivity contribution in [1.82, 2.24) is 15.5 Å². The molecule has 0 saturated heterocycles. The summed E-state index contributed by atoms with van der Waals surface area (Å²) in [6.07, 6.45) is 0. The lowest BCUT2D eigenvalue weighted by Gasteiger charge is -2.27. The molecule has 1 aromatic carbocycles. The van der Waals surface area contributed by atoms with Crippen LogP contribution in [0.25, 0.3) is 0 Å². The molecule has 1 atom stereocenters. The summed E-state index contributed by atoms with van der Waals surface area (Å²) in [7, 11) is 0. The van der Waals surface area contributed by atoms with E-state index in [1.807, 2.05) is 44.2 Å². The van der Waals surface area contributed by atoms with Crippen molar-refractivity contribution in [2.24, 2.45) is 5.92 Å². The van der Waals surface area contributed by atoms with E-state index in [-0.39, 0.29) is 17.6 Å². The van der Waals surface area contributed by atoms with Gasteiger partial charge in [0.15, 0.2) is 4.34 Å². The highest BCUT2D eigenvalue weighted by molar-refractivity contribution is 8.01. The van der Waals surface area contributed by atoms with Gasteiger partial charge in [0.1, 0.15) is 5.54 Å². The van der Waals surface area contributed by atoms with Crippen LogP contribution in [0.3, 0.4) is 0 Å². The van der Waals surface area contributed by atoms with E-state index in [1.165, 1.54) is 23.1 Å². The molecule has 2 aromatic rings. The Hall–Kier alpha value is -2.11. The number of carbonyl (C=O) groups excluding carboxylic acids is 1. The van der Waals surface area contributed by atoms with Crippen LogP contribution >= 0.6 is 23.1 Å². The fourth-order valence-corrected chi connectivity index (χ4v) is 3.29. The number of rotatable bonds is 7. The van der Waals surface area contributed by atoms with Gasteiger partial charge in [-0.05, 0) is 25.0 Å². The zero-order valence-corrected chi connectivity index (χ0v) is 15.4. The van der Waals surface area contributed by atoms with Crippen LogP contribution in [0, 0.1) is 17.2 Å². The van der Waals surface area contributed by atoms with Crippen molar-refractivity contribution < 1.29 is 4.79 Å². The van der Waals surface area contributed by atoms with E-state index in [4.69, 9.17) is 0 Å². The lowest BCUT2D eigenvalue weighted by atomic mass is 9.90. The number of aromatic nitrogens is 2. The number of nitrogens with zero attached hydrogens (tertiary/aromatic N) is 3. The Kier molecular flexibility index (Phi) is 6.17. The minimum Gasteiger partial charge on any atom is -0.337 e. The summed E-state index contributed by atoms with van der Waals surface area (Å²) in [6.45, 7) is 5.54. The zero-order chi connectivity index (χ0) is 17.6. The Morgan fingerprint density at radius 2 is 2.08 bits per heavy atom. The number of thioether (sulfide) groups is 1. The SMILES string of the molecule is CC(C)[C@@](C)(C#N)NC(=O)CSc1nnc(Nc2ccccc2)s1. The van der Waals surface area contributed by atoms with E-state index in [1.54, 1.807) is 6.92 Å². The highest BCUT2D eigenvalue weighted by Gasteiger charge is 2.29. The molecule has 0 unspecified atom stereocenters. The van der Waals surface area contributed by atoms with E-state index in [9.17, 15) is 10.1 Å². The number of amides is 1. The number of nitriles is 1. The van der Waals surface area contributed by atoms with Gasteiger partial charge in [-0.1, -0.05) is 55.1 Å². The number of nitrogens with one attached hydrogen (secondary N) is 2. The Labute approximate surface area is 149 Å². The highest BCUT2D eigenvalue weighted by atomic mass is 32.2. The van der Waals surface area contributed by atoms with Gasteiger partial charge in [0.05, 0.1) is 11.8 Å². The third kappa shape index (κ3) is 4.94. The summed E-state index contributed by atoms with van der Waals surface area (Å²) < 4.78 is 0.701. The molecule has 0 aliphatic carbocycles. The molecule has 0 aliphatic heterocycles. The average Bonchev–Trinajstić information content (AvgIpc) is 3.01. The third-order valence-electron chi connectivity index (χ3n) is 3.54. The molecule has 0 bridgehead atoms. The summed E-state index contributed by atoms with van der Waals surface area (Å²) >= 11 is 2.69. The summed E-state index contributed by atoms with van der Waals surface area (Å²) in [5.74, 6) is 0.0365. The second kappa shape index (κ2) is 8.13. The molecule has 6 nitrogen and oxygen atoms in total. The van der Waals surface area contributed by atoms with E-state index >= 15 is 0 Å². The van der Waals surface area contributed by atoms with Crippen LogP contribution in [0.2, 0.25) is 0 Å². The predicted octanol–water partition coefficient (Wildman–Crippen LogP) is 3.43. The van der Waals surface area contributed by atoms with Crippen LogP contribution in [0.15, 0.2) is 34.7 Å². The average molecular weight is 361 g/mol. The largest absolute Gasteiger partial charge is 0.337 e. The fourth-order valence-electron chi connectivity index (χ4n) is 1.72. The van der Waals surface area contributed by atoms with E-state index in [0.717, 1.165) is 5.69 Å². The molecule has 2 N–H and O–H groups in total. The van der Waals surface area contributed by atoms with Crippen LogP contribution in [0.1, 0.15) is 20.8 Å². The first-order chi connectivity index (χ1) is 11.4. The molecule has 8 heteroatoms. The van der Waals surface area contributed by atoms with E-state index < -0.39 is 5.54 Å². The van der Waals surface area contributed by atoms with Gasteiger partial charge in [-0.2, -0.15) is 5.26 Å². The van der Waals surface area contributed by atoms with E-state index in [2.05, 4.69) is 26.9 Å². The fraction of sp³-hybridized carbons (Fsp3) is 0.375. The van der Waals surface area contributed by atoms with Crippen molar-refractivity contribution in [3.8, 4) is 6.07 Å². The Bertz CT molecular complexity index is 726. The van der Waals surface area contributed by atoms with Gasteiger partial charge in [-0.15, -0.1) is 10.2 Å². The van der Waals surface area contributed by atoms with Gasteiger partial charge in [-0.3, -0.25) is 4.79 Å². The molecule has 0 saturated carbocycles. The zero-order valence-electron chi connectivity index (χ0n) is 13.7. The number of anilines is 2. The monoisotopic (exact) mass is 361 g/mol. The Morgan fingerprint density at radius 1 is 1.38 bits per heavy atom. The number of hydrogen-bond donors (Lipinski definition) is 2. The molecule has 24 heavy (non-hydrogen) atoms. The second-order valence-corrected chi connectivity index (χ2v) is 7.87. The molecule has 1 amide bonds. The van der Waals surface area contributed by atoms with Crippen LogP contribution in [-0.2, 0) is 4.79 Å². The summed E-state index contributed by atoms with van der Waals surface area (Å²) in [6, 6.07) is 11.9. The van der Waals surface area contributed by atoms with Gasteiger partial charge in [0.2, 0.25) is 11.0 Å². The smallest absolute Gasteiger partial charge is 0.231 e. The standard InChI is InChI=1S/C16H19N5OS2/c1-11(2)16(3,10-17)19-13(22)9-23-15-21-20-14(24-15)18-12-7-5-4-6-8-12/h4-8,11H,9H2,1-3H3,(H,18,20)(H,19,22)/t16-/m1/s1. The van der Waals surface area contributed by atoms with Crippen LogP contribution in [-0.4, -0.2) is 27.4 Å². The number of hydrogen-bond acceptors (Lipinski definition) is 7. The summed E-state index contributed by atoms with van der Waals surface area (Å²) in [5.41, 5.74) is 0.0726. The second-order valence-electron chi connectivity index (χ2n) is 5.67. The number of para-hydroxylation sites is 1. The van der Waals surface area contributed by atoms with Gasteiger partial charge in [0.25, 0.3) is 0 Å². The molecular formula is C16H19N5OS2. The molecular weight excluding hydrogens is 342 g/mol. The molecule has 0 aliphatic rings. The van der Waals surface area contributed by atoms with Crippen LogP contribution in [0.4, 0.5) is 10.8 Å². The van der Waals surface area contributed by atoms with Gasteiger partial charge < -0.3 is 10.6 Å². The molecule has 1 aromatic heterocycles. The molecule has 0 radical (unpaired) electrons. The van der Waals surface area contributed by atoms with E-state index in [0.29, 0.717) is 9.47 Å². The quantitative estimate of drug-likeness (QED) is 0.734. The van der Waals surface area contributed by atoms with Crippen LogP contribution < -0.4 is 10.6 Å². The normalized spacial score (nSPS) is 13.1. The number of carbonyl (C=O) groups is 1. The van der Waals surface area contributed by atoms with Crippen LogP contribution in [0.5, 0.6) is 0 Å². The molecule has 2 rings (SSSR count). The molecule has 126 valence electrons. The minimum absolute atomic E-state index is 0.0275. The topological polar surface area (TPSA) is 90.7 Å². The Balaban J connectivity index is 1.87. The van der Waals surface area contributed by atoms with Crippen molar-refractivity contribution in [1.29, 1.82) is 5.26 Å². The third-order valence-corrected chi connectivity index (χ3v) is 5.52. The van der Waals surface area contributed by atoms with Crippen molar-refractivity contribution >= 4 is 39.8 Å². The molecule has 0 spiro atoms. The van der Waals surface area contributed by atoms with Crippen molar-refractivity contribution in [2.45, 2.75) is 30.6 Å².